The summed E-state index contributed by atoms with van der Waals surface area (Å²) in [6.07, 6.45) is 1.88. The Morgan fingerprint density at radius 1 is 1.12 bits per heavy atom. The second-order valence-corrected chi connectivity index (χ2v) is 5.68. The average Bonchev–Trinajstić information content (AvgIpc) is 2.67. The highest BCUT2D eigenvalue weighted by Crippen LogP contribution is 2.36. The molecule has 7 heteroatoms. The quantitative estimate of drug-likeness (QED) is 0.580. The Bertz CT molecular complexity index is 926. The number of carbonyl (C=O) groups is 1. The van der Waals surface area contributed by atoms with Gasteiger partial charge in [-0.05, 0) is 13.0 Å². The third kappa shape index (κ3) is 3.37. The number of hydrogen-bond acceptors (Lipinski definition) is 6. The second kappa shape index (κ2) is 7.95. The number of aromatic nitrogens is 1. The smallest absolute Gasteiger partial charge is 0.333 e. The van der Waals surface area contributed by atoms with E-state index in [0.717, 1.165) is 0 Å². The van der Waals surface area contributed by atoms with Gasteiger partial charge in [0.2, 0.25) is 0 Å². The predicted molar refractivity (Wildman–Crippen MR) is 98.3 cm³/mol. The standard InChI is InChI=1S/C19H23NO6/c1-11(19(22)26-6)7-8-13-17(25-5)14-9-12(23-3)10-15(24-4)16(14)20(2)18(13)21/h7,9-10H,8H2,1-6H3/b11-7+. The van der Waals surface area contributed by atoms with Gasteiger partial charge in [-0.15, -0.1) is 0 Å². The van der Waals surface area contributed by atoms with Crippen molar-refractivity contribution >= 4 is 16.9 Å². The number of rotatable bonds is 6. The summed E-state index contributed by atoms with van der Waals surface area (Å²) in [5.41, 5.74) is 1.22. The Morgan fingerprint density at radius 2 is 1.81 bits per heavy atom. The van der Waals surface area contributed by atoms with Crippen LogP contribution >= 0.6 is 0 Å². The molecule has 1 aromatic carbocycles. The number of esters is 1. The van der Waals surface area contributed by atoms with Gasteiger partial charge in [0, 0.05) is 30.5 Å². The molecule has 0 unspecified atom stereocenters. The Kier molecular flexibility index (Phi) is 5.92. The normalized spacial score (nSPS) is 11.4. The topological polar surface area (TPSA) is 76.0 Å². The predicted octanol–water partition coefficient (Wildman–Crippen LogP) is 2.23. The summed E-state index contributed by atoms with van der Waals surface area (Å²) in [4.78, 5) is 24.5. The Labute approximate surface area is 151 Å². The first kappa shape index (κ1) is 19.4. The van der Waals surface area contributed by atoms with Crippen molar-refractivity contribution in [3.05, 3.63) is 39.7 Å². The fourth-order valence-electron chi connectivity index (χ4n) is 2.85. The zero-order valence-electron chi connectivity index (χ0n) is 15.8. The molecular formula is C19H23NO6. The number of allylic oxidation sites excluding steroid dienone is 1. The minimum absolute atomic E-state index is 0.228. The van der Waals surface area contributed by atoms with E-state index in [2.05, 4.69) is 4.74 Å². The molecule has 0 saturated heterocycles. The van der Waals surface area contributed by atoms with Gasteiger partial charge in [-0.2, -0.15) is 0 Å². The number of hydrogen-bond donors (Lipinski definition) is 0. The third-order valence-corrected chi connectivity index (χ3v) is 4.24. The Hall–Kier alpha value is -2.96. The highest BCUT2D eigenvalue weighted by atomic mass is 16.5. The summed E-state index contributed by atoms with van der Waals surface area (Å²) in [5.74, 6) is 1.07. The molecule has 26 heavy (non-hydrogen) atoms. The van der Waals surface area contributed by atoms with Gasteiger partial charge in [-0.3, -0.25) is 4.79 Å². The summed E-state index contributed by atoms with van der Waals surface area (Å²) < 4.78 is 22.5. The van der Waals surface area contributed by atoms with Gasteiger partial charge in [0.05, 0.1) is 39.5 Å². The van der Waals surface area contributed by atoms with Crippen molar-refractivity contribution in [2.75, 3.05) is 28.4 Å². The monoisotopic (exact) mass is 361 g/mol. The molecule has 0 bridgehead atoms. The molecule has 0 aliphatic carbocycles. The van der Waals surface area contributed by atoms with E-state index in [1.807, 2.05) is 0 Å². The number of nitrogens with zero attached hydrogens (tertiary/aromatic N) is 1. The first-order valence-electron chi connectivity index (χ1n) is 7.96. The average molecular weight is 361 g/mol. The second-order valence-electron chi connectivity index (χ2n) is 5.68. The molecule has 0 spiro atoms. The summed E-state index contributed by atoms with van der Waals surface area (Å²) in [6, 6.07) is 3.50. The molecular weight excluding hydrogens is 338 g/mol. The molecule has 0 saturated carbocycles. The molecule has 1 heterocycles. The maximum Gasteiger partial charge on any atom is 0.333 e. The maximum absolute atomic E-state index is 12.9. The molecule has 0 aliphatic heterocycles. The molecule has 0 atom stereocenters. The number of pyridine rings is 1. The lowest BCUT2D eigenvalue weighted by molar-refractivity contribution is -0.136. The largest absolute Gasteiger partial charge is 0.497 e. The van der Waals surface area contributed by atoms with Crippen LogP contribution in [0.1, 0.15) is 12.5 Å². The molecule has 140 valence electrons. The molecule has 2 aromatic rings. The first-order chi connectivity index (χ1) is 12.4. The highest BCUT2D eigenvalue weighted by Gasteiger charge is 2.19. The minimum atomic E-state index is -0.440. The summed E-state index contributed by atoms with van der Waals surface area (Å²) in [5, 5.41) is 0.685. The zero-order valence-corrected chi connectivity index (χ0v) is 15.8. The lowest BCUT2D eigenvalue weighted by Gasteiger charge is -2.17. The molecule has 0 fully saturated rings. The fraction of sp³-hybridized carbons (Fsp3) is 0.368. The van der Waals surface area contributed by atoms with Crippen LogP contribution in [0.4, 0.5) is 0 Å². The minimum Gasteiger partial charge on any atom is -0.497 e. The lowest BCUT2D eigenvalue weighted by atomic mass is 10.0. The van der Waals surface area contributed by atoms with E-state index in [9.17, 15) is 9.59 Å². The Morgan fingerprint density at radius 3 is 2.35 bits per heavy atom. The van der Waals surface area contributed by atoms with Crippen LogP contribution in [0.3, 0.4) is 0 Å². The van der Waals surface area contributed by atoms with Crippen LogP contribution in [0, 0.1) is 0 Å². The van der Waals surface area contributed by atoms with Crippen molar-refractivity contribution in [2.24, 2.45) is 7.05 Å². The van der Waals surface area contributed by atoms with Gasteiger partial charge >= 0.3 is 5.97 Å². The van der Waals surface area contributed by atoms with E-state index in [1.165, 1.54) is 25.9 Å². The molecule has 0 radical (unpaired) electrons. The SMILES string of the molecule is COC(=O)/C(C)=C/Cc1c(OC)c2cc(OC)cc(OC)c2n(C)c1=O. The van der Waals surface area contributed by atoms with Crippen LogP contribution in [-0.2, 0) is 23.0 Å². The van der Waals surface area contributed by atoms with Crippen LogP contribution in [0.2, 0.25) is 0 Å². The van der Waals surface area contributed by atoms with Crippen molar-refractivity contribution < 1.29 is 23.7 Å². The van der Waals surface area contributed by atoms with Crippen LogP contribution in [0.15, 0.2) is 28.6 Å². The molecule has 2 rings (SSSR count). The molecule has 7 nitrogen and oxygen atoms in total. The molecule has 0 amide bonds. The summed E-state index contributed by atoms with van der Waals surface area (Å²) >= 11 is 0. The maximum atomic E-state index is 12.9. The molecule has 0 N–H and O–H groups in total. The number of carbonyl (C=O) groups excluding carboxylic acids is 1. The lowest BCUT2D eigenvalue weighted by Crippen LogP contribution is -2.23. The van der Waals surface area contributed by atoms with Crippen molar-refractivity contribution in [1.29, 1.82) is 0 Å². The number of benzene rings is 1. The van der Waals surface area contributed by atoms with Gasteiger partial charge in [-0.25, -0.2) is 4.79 Å². The van der Waals surface area contributed by atoms with E-state index in [0.29, 0.717) is 39.3 Å². The van der Waals surface area contributed by atoms with E-state index < -0.39 is 5.97 Å². The van der Waals surface area contributed by atoms with Crippen molar-refractivity contribution in [3.63, 3.8) is 0 Å². The molecule has 0 aliphatic rings. The van der Waals surface area contributed by atoms with Crippen molar-refractivity contribution in [3.8, 4) is 17.2 Å². The van der Waals surface area contributed by atoms with Gasteiger partial charge in [0.15, 0.2) is 0 Å². The van der Waals surface area contributed by atoms with Crippen LogP contribution < -0.4 is 19.8 Å². The van der Waals surface area contributed by atoms with E-state index in [1.54, 1.807) is 39.3 Å². The van der Waals surface area contributed by atoms with Gasteiger partial charge in [-0.1, -0.05) is 6.08 Å². The van der Waals surface area contributed by atoms with Crippen molar-refractivity contribution in [1.82, 2.24) is 4.57 Å². The highest BCUT2D eigenvalue weighted by molar-refractivity contribution is 5.93. The van der Waals surface area contributed by atoms with Crippen LogP contribution in [-0.4, -0.2) is 39.0 Å². The van der Waals surface area contributed by atoms with Gasteiger partial charge in [0.25, 0.3) is 5.56 Å². The van der Waals surface area contributed by atoms with Gasteiger partial charge in [0.1, 0.15) is 17.2 Å². The van der Waals surface area contributed by atoms with Crippen LogP contribution in [0.25, 0.3) is 10.9 Å². The number of ether oxygens (including phenoxy) is 4. The Balaban J connectivity index is 2.78. The van der Waals surface area contributed by atoms with Crippen LogP contribution in [0.5, 0.6) is 17.2 Å². The zero-order chi connectivity index (χ0) is 19.4. The van der Waals surface area contributed by atoms with E-state index >= 15 is 0 Å². The van der Waals surface area contributed by atoms with Crippen molar-refractivity contribution in [2.45, 2.75) is 13.3 Å². The first-order valence-corrected chi connectivity index (χ1v) is 7.96. The fourth-order valence-corrected chi connectivity index (χ4v) is 2.85. The third-order valence-electron chi connectivity index (χ3n) is 4.24. The number of aryl methyl sites for hydroxylation is 1. The molecule has 1 aromatic heterocycles. The van der Waals surface area contributed by atoms with Gasteiger partial charge < -0.3 is 23.5 Å². The summed E-state index contributed by atoms with van der Waals surface area (Å²) in [7, 11) is 7.56. The number of methoxy groups -OCH3 is 4. The number of fused-ring (bicyclic) bond motifs is 1. The van der Waals surface area contributed by atoms with E-state index in [4.69, 9.17) is 14.2 Å². The van der Waals surface area contributed by atoms with E-state index in [-0.39, 0.29) is 12.0 Å². The summed E-state index contributed by atoms with van der Waals surface area (Å²) in [6.45, 7) is 1.63.